The number of nitrogens with one attached hydrogen (secondary N) is 2. The van der Waals surface area contributed by atoms with Crippen LogP contribution in [0.25, 0.3) is 0 Å². The molecule has 7 nitrogen and oxygen atoms in total. The van der Waals surface area contributed by atoms with Crippen LogP contribution >= 0.6 is 0 Å². The number of carbonyl (C=O) groups excluding carboxylic acids is 1. The number of aromatic nitrogens is 3. The summed E-state index contributed by atoms with van der Waals surface area (Å²) in [5, 5.41) is 13.3. The third-order valence-corrected chi connectivity index (χ3v) is 2.98. The molecule has 2 heterocycles. The Labute approximate surface area is 117 Å². The van der Waals surface area contributed by atoms with E-state index in [0.29, 0.717) is 6.54 Å². The molecule has 0 fully saturated rings. The topological polar surface area (TPSA) is 85.0 Å². The largest absolute Gasteiger partial charge is 0.464 e. The van der Waals surface area contributed by atoms with E-state index in [4.69, 9.17) is 4.42 Å². The molecule has 1 unspecified atom stereocenters. The highest BCUT2D eigenvalue weighted by molar-refractivity contribution is 5.74. The van der Waals surface area contributed by atoms with Gasteiger partial charge in [0.1, 0.15) is 17.8 Å². The van der Waals surface area contributed by atoms with Crippen LogP contribution in [-0.2, 0) is 13.1 Å². The first-order chi connectivity index (χ1) is 9.60. The number of amides is 2. The fourth-order valence-electron chi connectivity index (χ4n) is 1.84. The first-order valence-corrected chi connectivity index (χ1v) is 6.57. The zero-order valence-electron chi connectivity index (χ0n) is 11.9. The van der Waals surface area contributed by atoms with Crippen molar-refractivity contribution in [3.8, 4) is 0 Å². The lowest BCUT2D eigenvalue weighted by atomic mass is 10.2. The molecule has 2 aromatic rings. The maximum Gasteiger partial charge on any atom is 0.315 e. The van der Waals surface area contributed by atoms with Crippen LogP contribution in [0.1, 0.15) is 37.2 Å². The van der Waals surface area contributed by atoms with Crippen LogP contribution in [0.5, 0.6) is 0 Å². The summed E-state index contributed by atoms with van der Waals surface area (Å²) in [5.74, 6) is 2.28. The first kappa shape index (κ1) is 14.1. The first-order valence-electron chi connectivity index (χ1n) is 6.57. The predicted molar refractivity (Wildman–Crippen MR) is 72.9 cm³/mol. The second-order valence-corrected chi connectivity index (χ2v) is 4.53. The molecule has 0 aliphatic heterocycles. The lowest BCUT2D eigenvalue weighted by Crippen LogP contribution is -2.37. The summed E-state index contributed by atoms with van der Waals surface area (Å²) in [6, 6.07) is 3.27. The molecule has 7 heteroatoms. The summed E-state index contributed by atoms with van der Waals surface area (Å²) in [6.45, 7) is 6.84. The van der Waals surface area contributed by atoms with Crippen LogP contribution in [0, 0.1) is 6.92 Å². The molecule has 0 spiro atoms. The Balaban J connectivity index is 1.83. The van der Waals surface area contributed by atoms with Gasteiger partial charge in [0.2, 0.25) is 0 Å². The quantitative estimate of drug-likeness (QED) is 0.872. The van der Waals surface area contributed by atoms with E-state index < -0.39 is 0 Å². The van der Waals surface area contributed by atoms with Crippen molar-refractivity contribution in [2.45, 2.75) is 39.9 Å². The smallest absolute Gasteiger partial charge is 0.315 e. The van der Waals surface area contributed by atoms with E-state index in [2.05, 4.69) is 20.8 Å². The van der Waals surface area contributed by atoms with Crippen molar-refractivity contribution < 1.29 is 9.21 Å². The summed E-state index contributed by atoms with van der Waals surface area (Å²) in [5.41, 5.74) is 0. The van der Waals surface area contributed by atoms with E-state index in [1.165, 1.54) is 0 Å². The molecule has 2 N–H and O–H groups in total. The van der Waals surface area contributed by atoms with E-state index in [0.717, 1.165) is 23.9 Å². The van der Waals surface area contributed by atoms with E-state index >= 15 is 0 Å². The summed E-state index contributed by atoms with van der Waals surface area (Å²) >= 11 is 0. The highest BCUT2D eigenvalue weighted by atomic mass is 16.3. The second kappa shape index (κ2) is 6.23. The zero-order chi connectivity index (χ0) is 14.5. The minimum atomic E-state index is -0.266. The molecule has 1 atom stereocenters. The van der Waals surface area contributed by atoms with E-state index in [-0.39, 0.29) is 12.1 Å². The highest BCUT2D eigenvalue weighted by Gasteiger charge is 2.13. The maximum atomic E-state index is 11.8. The van der Waals surface area contributed by atoms with E-state index in [9.17, 15) is 4.79 Å². The van der Waals surface area contributed by atoms with Gasteiger partial charge < -0.3 is 19.6 Å². The van der Waals surface area contributed by atoms with Crippen molar-refractivity contribution in [3.63, 3.8) is 0 Å². The molecule has 0 aliphatic rings. The lowest BCUT2D eigenvalue weighted by molar-refractivity contribution is 0.235. The van der Waals surface area contributed by atoms with E-state index in [1.54, 1.807) is 6.33 Å². The van der Waals surface area contributed by atoms with Crippen LogP contribution in [0.2, 0.25) is 0 Å². The van der Waals surface area contributed by atoms with Crippen LogP contribution in [0.3, 0.4) is 0 Å². The minimum Gasteiger partial charge on any atom is -0.464 e. The Bertz CT molecular complexity index is 575. The zero-order valence-corrected chi connectivity index (χ0v) is 11.9. The van der Waals surface area contributed by atoms with Gasteiger partial charge in [0.05, 0.1) is 12.6 Å². The molecular weight excluding hydrogens is 258 g/mol. The Morgan fingerprint density at radius 2 is 2.30 bits per heavy atom. The molecule has 0 aromatic carbocycles. The van der Waals surface area contributed by atoms with Gasteiger partial charge in [-0.3, -0.25) is 0 Å². The summed E-state index contributed by atoms with van der Waals surface area (Å²) in [4.78, 5) is 11.8. The molecule has 108 valence electrons. The van der Waals surface area contributed by atoms with Gasteiger partial charge in [-0.25, -0.2) is 4.79 Å². The molecule has 0 saturated carbocycles. The van der Waals surface area contributed by atoms with Crippen molar-refractivity contribution in [1.29, 1.82) is 0 Å². The van der Waals surface area contributed by atoms with Gasteiger partial charge in [-0.05, 0) is 32.9 Å². The number of hydrogen-bond acceptors (Lipinski definition) is 4. The fraction of sp³-hybridized carbons (Fsp3) is 0.462. The Hall–Kier alpha value is -2.31. The molecule has 20 heavy (non-hydrogen) atoms. The second-order valence-electron chi connectivity index (χ2n) is 4.53. The van der Waals surface area contributed by atoms with Crippen LogP contribution in [-0.4, -0.2) is 20.8 Å². The van der Waals surface area contributed by atoms with Crippen molar-refractivity contribution in [2.75, 3.05) is 0 Å². The average Bonchev–Trinajstić information content (AvgIpc) is 3.04. The van der Waals surface area contributed by atoms with Crippen molar-refractivity contribution >= 4 is 6.03 Å². The van der Waals surface area contributed by atoms with Gasteiger partial charge in [-0.15, -0.1) is 10.2 Å². The molecule has 0 bridgehead atoms. The van der Waals surface area contributed by atoms with Gasteiger partial charge in [0.15, 0.2) is 5.82 Å². The fourth-order valence-corrected chi connectivity index (χ4v) is 1.84. The molecule has 0 aliphatic carbocycles. The lowest BCUT2D eigenvalue weighted by Gasteiger charge is -2.12. The van der Waals surface area contributed by atoms with Gasteiger partial charge in [-0.1, -0.05) is 0 Å². The van der Waals surface area contributed by atoms with Gasteiger partial charge in [0, 0.05) is 6.54 Å². The highest BCUT2D eigenvalue weighted by Crippen LogP contribution is 2.15. The number of urea groups is 1. The van der Waals surface area contributed by atoms with Crippen LogP contribution in [0.4, 0.5) is 4.79 Å². The van der Waals surface area contributed by atoms with Gasteiger partial charge in [0.25, 0.3) is 0 Å². The number of furan rings is 1. The summed E-state index contributed by atoms with van der Waals surface area (Å²) in [7, 11) is 0. The number of carbonyl (C=O) groups is 1. The SMILES string of the molecule is CCn1cnnc1CNC(=O)NC(C)c1ccc(C)o1. The summed E-state index contributed by atoms with van der Waals surface area (Å²) in [6.07, 6.45) is 1.64. The molecule has 2 amide bonds. The Morgan fingerprint density at radius 3 is 2.95 bits per heavy atom. The van der Waals surface area contributed by atoms with Crippen molar-refractivity contribution in [2.24, 2.45) is 0 Å². The van der Waals surface area contributed by atoms with Gasteiger partial charge in [-0.2, -0.15) is 0 Å². The summed E-state index contributed by atoms with van der Waals surface area (Å²) < 4.78 is 7.34. The van der Waals surface area contributed by atoms with E-state index in [1.807, 2.05) is 37.5 Å². The van der Waals surface area contributed by atoms with Crippen LogP contribution < -0.4 is 10.6 Å². The minimum absolute atomic E-state index is 0.187. The van der Waals surface area contributed by atoms with Gasteiger partial charge >= 0.3 is 6.03 Å². The number of nitrogens with zero attached hydrogens (tertiary/aromatic N) is 3. The number of rotatable bonds is 5. The molecule has 0 saturated heterocycles. The molecule has 0 radical (unpaired) electrons. The Kier molecular flexibility index (Phi) is 4.39. The maximum absolute atomic E-state index is 11.8. The third-order valence-electron chi connectivity index (χ3n) is 2.98. The average molecular weight is 277 g/mol. The number of hydrogen-bond donors (Lipinski definition) is 2. The number of aryl methyl sites for hydroxylation is 2. The van der Waals surface area contributed by atoms with Crippen molar-refractivity contribution in [3.05, 3.63) is 35.8 Å². The Morgan fingerprint density at radius 1 is 1.50 bits per heavy atom. The standard InChI is InChI=1S/C13H19N5O2/c1-4-18-8-15-17-12(18)7-14-13(19)16-10(3)11-6-5-9(2)20-11/h5-6,8,10H,4,7H2,1-3H3,(H2,14,16,19). The third kappa shape index (κ3) is 3.37. The van der Waals surface area contributed by atoms with Crippen molar-refractivity contribution in [1.82, 2.24) is 25.4 Å². The monoisotopic (exact) mass is 277 g/mol. The molecule has 2 aromatic heterocycles. The normalized spacial score (nSPS) is 12.2. The molecular formula is C13H19N5O2. The predicted octanol–water partition coefficient (Wildman–Crippen LogP) is 1.76. The van der Waals surface area contributed by atoms with Crippen LogP contribution in [0.15, 0.2) is 22.9 Å². The molecule has 2 rings (SSSR count).